The summed E-state index contributed by atoms with van der Waals surface area (Å²) >= 11 is 9.31. The first-order valence-corrected chi connectivity index (χ1v) is 6.16. The highest BCUT2D eigenvalue weighted by molar-refractivity contribution is 9.10. The third-order valence-electron chi connectivity index (χ3n) is 2.48. The van der Waals surface area contributed by atoms with Crippen LogP contribution < -0.4 is 0 Å². The summed E-state index contributed by atoms with van der Waals surface area (Å²) in [6, 6.07) is 7.77. The van der Waals surface area contributed by atoms with Crippen molar-refractivity contribution in [2.75, 3.05) is 0 Å². The van der Waals surface area contributed by atoms with Crippen molar-refractivity contribution in [2.24, 2.45) is 0 Å². The number of fused-ring (bicyclic) bond motifs is 1. The van der Waals surface area contributed by atoms with E-state index in [4.69, 9.17) is 11.6 Å². The SMILES string of the molecule is Clc1ccc2ccn(-c3ncc(Br)cn3)c2c1. The Morgan fingerprint density at radius 3 is 2.65 bits per heavy atom. The zero-order chi connectivity index (χ0) is 11.8. The fraction of sp³-hybridized carbons (Fsp3) is 0. The van der Waals surface area contributed by atoms with Gasteiger partial charge < -0.3 is 0 Å². The molecule has 0 saturated heterocycles. The molecule has 0 radical (unpaired) electrons. The normalized spacial score (nSPS) is 10.9. The molecular formula is C12H7BrClN3. The third kappa shape index (κ3) is 1.94. The summed E-state index contributed by atoms with van der Waals surface area (Å²) in [5.74, 6) is 0.630. The number of rotatable bonds is 1. The van der Waals surface area contributed by atoms with E-state index in [0.29, 0.717) is 11.0 Å². The van der Waals surface area contributed by atoms with Gasteiger partial charge in [0.1, 0.15) is 0 Å². The fourth-order valence-corrected chi connectivity index (χ4v) is 2.08. The highest BCUT2D eigenvalue weighted by Gasteiger charge is 2.05. The Morgan fingerprint density at radius 1 is 1.12 bits per heavy atom. The van der Waals surface area contributed by atoms with Crippen LogP contribution in [-0.2, 0) is 0 Å². The Bertz CT molecular complexity index is 676. The molecule has 3 aromatic rings. The van der Waals surface area contributed by atoms with E-state index in [-0.39, 0.29) is 0 Å². The third-order valence-corrected chi connectivity index (χ3v) is 3.12. The standard InChI is InChI=1S/C12H7BrClN3/c13-9-6-15-12(16-7-9)17-4-3-8-1-2-10(14)5-11(8)17/h1-7H. The van der Waals surface area contributed by atoms with Gasteiger partial charge in [-0.3, -0.25) is 4.57 Å². The second-order valence-corrected chi connectivity index (χ2v) is 4.94. The van der Waals surface area contributed by atoms with E-state index in [1.54, 1.807) is 12.4 Å². The molecule has 0 spiro atoms. The molecule has 0 aliphatic heterocycles. The van der Waals surface area contributed by atoms with E-state index in [2.05, 4.69) is 25.9 Å². The predicted octanol–water partition coefficient (Wildman–Crippen LogP) is 3.84. The summed E-state index contributed by atoms with van der Waals surface area (Å²) in [5.41, 5.74) is 1.000. The predicted molar refractivity (Wildman–Crippen MR) is 71.6 cm³/mol. The van der Waals surface area contributed by atoms with E-state index in [1.165, 1.54) is 0 Å². The molecule has 0 bridgehead atoms. The maximum atomic E-state index is 6.00. The monoisotopic (exact) mass is 307 g/mol. The van der Waals surface area contributed by atoms with E-state index in [9.17, 15) is 0 Å². The molecule has 17 heavy (non-hydrogen) atoms. The van der Waals surface area contributed by atoms with E-state index in [1.807, 2.05) is 35.0 Å². The average molecular weight is 309 g/mol. The summed E-state index contributed by atoms with van der Waals surface area (Å²) in [7, 11) is 0. The molecule has 0 unspecified atom stereocenters. The Kier molecular flexibility index (Phi) is 2.61. The summed E-state index contributed by atoms with van der Waals surface area (Å²) in [4.78, 5) is 8.52. The summed E-state index contributed by atoms with van der Waals surface area (Å²) in [6.45, 7) is 0. The van der Waals surface area contributed by atoms with Crippen LogP contribution in [0.4, 0.5) is 0 Å². The number of benzene rings is 1. The highest BCUT2D eigenvalue weighted by atomic mass is 79.9. The van der Waals surface area contributed by atoms with Crippen LogP contribution in [0.5, 0.6) is 0 Å². The summed E-state index contributed by atoms with van der Waals surface area (Å²) < 4.78 is 2.77. The molecule has 2 heterocycles. The second kappa shape index (κ2) is 4.13. The van der Waals surface area contributed by atoms with Crippen LogP contribution in [0.1, 0.15) is 0 Å². The van der Waals surface area contributed by atoms with Gasteiger partial charge in [-0.05, 0) is 34.1 Å². The van der Waals surface area contributed by atoms with Crippen LogP contribution in [0.25, 0.3) is 16.9 Å². The first-order chi connectivity index (χ1) is 8.24. The van der Waals surface area contributed by atoms with E-state index < -0.39 is 0 Å². The molecule has 0 fully saturated rings. The smallest absolute Gasteiger partial charge is 0.234 e. The molecule has 5 heteroatoms. The zero-order valence-electron chi connectivity index (χ0n) is 8.64. The lowest BCUT2D eigenvalue weighted by Gasteiger charge is -2.03. The molecule has 1 aromatic carbocycles. The Labute approximate surface area is 111 Å². The fourth-order valence-electron chi connectivity index (χ4n) is 1.71. The van der Waals surface area contributed by atoms with Crippen molar-refractivity contribution in [3.63, 3.8) is 0 Å². The van der Waals surface area contributed by atoms with Crippen LogP contribution in [0, 0.1) is 0 Å². The topological polar surface area (TPSA) is 30.7 Å². The zero-order valence-corrected chi connectivity index (χ0v) is 11.0. The van der Waals surface area contributed by atoms with Gasteiger partial charge >= 0.3 is 0 Å². The Balaban J connectivity index is 2.23. The van der Waals surface area contributed by atoms with Gasteiger partial charge in [-0.25, -0.2) is 9.97 Å². The lowest BCUT2D eigenvalue weighted by molar-refractivity contribution is 0.957. The van der Waals surface area contributed by atoms with Crippen LogP contribution >= 0.6 is 27.5 Å². The number of halogens is 2. The van der Waals surface area contributed by atoms with E-state index >= 15 is 0 Å². The van der Waals surface area contributed by atoms with Crippen molar-refractivity contribution in [1.82, 2.24) is 14.5 Å². The summed E-state index contributed by atoms with van der Waals surface area (Å²) in [5, 5.41) is 1.82. The quantitative estimate of drug-likeness (QED) is 0.684. The number of hydrogen-bond donors (Lipinski definition) is 0. The van der Waals surface area contributed by atoms with Crippen molar-refractivity contribution in [3.8, 4) is 5.95 Å². The van der Waals surface area contributed by atoms with Crippen LogP contribution in [0.15, 0.2) is 47.3 Å². The number of hydrogen-bond acceptors (Lipinski definition) is 2. The maximum Gasteiger partial charge on any atom is 0.234 e. The minimum absolute atomic E-state index is 0.630. The van der Waals surface area contributed by atoms with Crippen LogP contribution in [-0.4, -0.2) is 14.5 Å². The highest BCUT2D eigenvalue weighted by Crippen LogP contribution is 2.22. The minimum atomic E-state index is 0.630. The lowest BCUT2D eigenvalue weighted by atomic mass is 10.2. The number of nitrogens with zero attached hydrogens (tertiary/aromatic N) is 3. The van der Waals surface area contributed by atoms with Crippen LogP contribution in [0.3, 0.4) is 0 Å². The molecule has 0 amide bonds. The first-order valence-electron chi connectivity index (χ1n) is 4.98. The molecular weight excluding hydrogens is 302 g/mol. The lowest BCUT2D eigenvalue weighted by Crippen LogP contribution is -1.98. The molecule has 84 valence electrons. The van der Waals surface area contributed by atoms with Crippen molar-refractivity contribution in [3.05, 3.63) is 52.4 Å². The molecule has 3 rings (SSSR count). The van der Waals surface area contributed by atoms with Gasteiger partial charge in [0.2, 0.25) is 5.95 Å². The first kappa shape index (κ1) is 10.7. The van der Waals surface area contributed by atoms with Crippen molar-refractivity contribution < 1.29 is 0 Å². The van der Waals surface area contributed by atoms with E-state index in [0.717, 1.165) is 15.4 Å². The second-order valence-electron chi connectivity index (χ2n) is 3.59. The molecule has 2 aromatic heterocycles. The number of aromatic nitrogens is 3. The largest absolute Gasteiger partial charge is 0.285 e. The summed E-state index contributed by atoms with van der Waals surface area (Å²) in [6.07, 6.45) is 5.38. The average Bonchev–Trinajstić information content (AvgIpc) is 2.73. The van der Waals surface area contributed by atoms with Gasteiger partial charge in [0, 0.05) is 29.0 Å². The minimum Gasteiger partial charge on any atom is -0.285 e. The van der Waals surface area contributed by atoms with Gasteiger partial charge in [0.25, 0.3) is 0 Å². The molecule has 0 aliphatic rings. The molecule has 0 atom stereocenters. The molecule has 0 aliphatic carbocycles. The van der Waals surface area contributed by atoms with Gasteiger partial charge in [-0.15, -0.1) is 0 Å². The van der Waals surface area contributed by atoms with Crippen LogP contribution in [0.2, 0.25) is 5.02 Å². The van der Waals surface area contributed by atoms with Crippen molar-refractivity contribution in [1.29, 1.82) is 0 Å². The molecule has 0 saturated carbocycles. The van der Waals surface area contributed by atoms with Gasteiger partial charge in [0.05, 0.1) is 9.99 Å². The Hall–Kier alpha value is -1.39. The maximum absolute atomic E-state index is 6.00. The van der Waals surface area contributed by atoms with Crippen molar-refractivity contribution in [2.45, 2.75) is 0 Å². The van der Waals surface area contributed by atoms with Gasteiger partial charge in [-0.2, -0.15) is 0 Å². The van der Waals surface area contributed by atoms with Gasteiger partial charge in [0.15, 0.2) is 0 Å². The van der Waals surface area contributed by atoms with Crippen molar-refractivity contribution >= 4 is 38.4 Å². The Morgan fingerprint density at radius 2 is 1.88 bits per heavy atom. The molecule has 3 nitrogen and oxygen atoms in total. The molecule has 0 N–H and O–H groups in total. The van der Waals surface area contributed by atoms with Gasteiger partial charge in [-0.1, -0.05) is 17.7 Å².